The highest BCUT2D eigenvalue weighted by Gasteiger charge is 2.05. The van der Waals surface area contributed by atoms with Crippen LogP contribution in [0.4, 0.5) is 11.4 Å². The van der Waals surface area contributed by atoms with E-state index in [9.17, 15) is 4.79 Å². The Labute approximate surface area is 167 Å². The smallest absolute Gasteiger partial charge is 0.250 e. The summed E-state index contributed by atoms with van der Waals surface area (Å²) in [7, 11) is 5.88. The van der Waals surface area contributed by atoms with Crippen molar-refractivity contribution in [2.45, 2.75) is 13.8 Å². The van der Waals surface area contributed by atoms with Crippen LogP contribution in [0.3, 0.4) is 0 Å². The normalized spacial score (nSPS) is 12.5. The topological polar surface area (TPSA) is 52.9 Å². The van der Waals surface area contributed by atoms with Crippen molar-refractivity contribution in [3.8, 4) is 0 Å². The van der Waals surface area contributed by atoms with Gasteiger partial charge in [0.1, 0.15) is 5.84 Å². The third-order valence-electron chi connectivity index (χ3n) is 4.63. The maximum Gasteiger partial charge on any atom is 0.250 e. The number of nitrogens with zero attached hydrogens (tertiary/aromatic N) is 4. The first-order chi connectivity index (χ1) is 13.3. The average molecular weight is 382 g/mol. The molecule has 0 saturated carbocycles. The zero-order valence-electron chi connectivity index (χ0n) is 17.6. The van der Waals surface area contributed by atoms with Crippen LogP contribution in [0.15, 0.2) is 46.2 Å². The third kappa shape index (κ3) is 5.82. The number of aliphatic imine (C=N–C) groups is 1. The van der Waals surface area contributed by atoms with Gasteiger partial charge in [0.05, 0.1) is 0 Å². The zero-order chi connectivity index (χ0) is 20.7. The van der Waals surface area contributed by atoms with Gasteiger partial charge in [0, 0.05) is 60.9 Å². The summed E-state index contributed by atoms with van der Waals surface area (Å²) >= 11 is 0. The number of rotatable bonds is 7. The van der Waals surface area contributed by atoms with E-state index in [4.69, 9.17) is 0 Å². The van der Waals surface area contributed by atoms with E-state index >= 15 is 0 Å². The minimum atomic E-state index is -0.0761. The van der Waals surface area contributed by atoms with Gasteiger partial charge in [0.25, 0.3) is 5.56 Å². The summed E-state index contributed by atoms with van der Waals surface area (Å²) in [4.78, 5) is 20.6. The van der Waals surface area contributed by atoms with Crippen molar-refractivity contribution in [3.63, 3.8) is 0 Å². The van der Waals surface area contributed by atoms with Crippen LogP contribution in [-0.2, 0) is 7.05 Å². The highest BCUT2D eigenvalue weighted by atomic mass is 16.1. The Kier molecular flexibility index (Phi) is 7.58. The molecule has 28 heavy (non-hydrogen) atoms. The Balaban J connectivity index is 2.10. The number of amidine groups is 1. The Morgan fingerprint density at radius 3 is 2.46 bits per heavy atom. The number of hydrogen-bond donors (Lipinski definition) is 1. The van der Waals surface area contributed by atoms with Crippen LogP contribution in [0.2, 0.25) is 0 Å². The third-order valence-corrected chi connectivity index (χ3v) is 4.63. The lowest BCUT2D eigenvalue weighted by atomic mass is 10.2. The van der Waals surface area contributed by atoms with Crippen LogP contribution in [0.5, 0.6) is 0 Å². The number of benzene rings is 1. The second kappa shape index (κ2) is 9.90. The first kappa shape index (κ1) is 21.4. The van der Waals surface area contributed by atoms with E-state index in [1.54, 1.807) is 19.3 Å². The largest absolute Gasteiger partial charge is 0.371 e. The molecule has 2 rings (SSSR count). The predicted molar refractivity (Wildman–Crippen MR) is 121 cm³/mol. The standard InChI is InChI=1S/C22H31N5O/c1-7-27(15-14-25(4)5)21-11-9-20(10-12-21)24-18(3)23-16-19-8-13-22(28)26(6)17(19)2/h8-13,16H,2,7,14-15H2,1,3-6H3,(H,23,24)/b19-16-. The van der Waals surface area contributed by atoms with E-state index in [1.807, 2.05) is 6.92 Å². The molecule has 1 aromatic carbocycles. The van der Waals surface area contributed by atoms with Crippen LogP contribution >= 0.6 is 0 Å². The summed E-state index contributed by atoms with van der Waals surface area (Å²) in [6.45, 7) is 11.0. The summed E-state index contributed by atoms with van der Waals surface area (Å²) in [6, 6.07) is 11.6. The van der Waals surface area contributed by atoms with Crippen molar-refractivity contribution >= 4 is 30.0 Å². The molecule has 1 heterocycles. The maximum absolute atomic E-state index is 11.6. The Morgan fingerprint density at radius 2 is 1.86 bits per heavy atom. The molecule has 0 spiro atoms. The lowest BCUT2D eigenvalue weighted by Gasteiger charge is -2.25. The molecule has 0 aliphatic rings. The van der Waals surface area contributed by atoms with Gasteiger partial charge in [-0.1, -0.05) is 6.58 Å². The number of likely N-dealkylation sites (N-methyl/N-ethyl adjacent to an activating group) is 2. The van der Waals surface area contributed by atoms with Gasteiger partial charge in [-0.3, -0.25) is 4.79 Å². The van der Waals surface area contributed by atoms with Gasteiger partial charge in [-0.15, -0.1) is 0 Å². The van der Waals surface area contributed by atoms with E-state index in [0.717, 1.165) is 36.4 Å². The monoisotopic (exact) mass is 381 g/mol. The van der Waals surface area contributed by atoms with Crippen molar-refractivity contribution in [3.05, 3.63) is 57.3 Å². The highest BCUT2D eigenvalue weighted by molar-refractivity contribution is 5.94. The summed E-state index contributed by atoms with van der Waals surface area (Å²) in [5, 5.41) is 4.76. The quantitative estimate of drug-likeness (QED) is 0.583. The fraction of sp³-hybridized carbons (Fsp3) is 0.364. The number of pyridine rings is 1. The maximum atomic E-state index is 11.6. The molecule has 0 radical (unpaired) electrons. The molecule has 0 aliphatic carbocycles. The van der Waals surface area contributed by atoms with Gasteiger partial charge in [-0.25, -0.2) is 4.99 Å². The molecule has 0 atom stereocenters. The van der Waals surface area contributed by atoms with E-state index in [1.165, 1.54) is 16.3 Å². The number of nitrogens with one attached hydrogen (secondary N) is 1. The van der Waals surface area contributed by atoms with Gasteiger partial charge >= 0.3 is 0 Å². The minimum absolute atomic E-state index is 0.0761. The van der Waals surface area contributed by atoms with Crippen LogP contribution in [0.1, 0.15) is 13.8 Å². The molecule has 6 heteroatoms. The second-order valence-electron chi connectivity index (χ2n) is 7.03. The van der Waals surface area contributed by atoms with E-state index in [2.05, 4.69) is 72.0 Å². The molecular formula is C22H31N5O. The summed E-state index contributed by atoms with van der Waals surface area (Å²) in [6.07, 6.45) is 1.72. The van der Waals surface area contributed by atoms with Crippen molar-refractivity contribution in [2.24, 2.45) is 12.0 Å². The van der Waals surface area contributed by atoms with E-state index in [-0.39, 0.29) is 5.56 Å². The fourth-order valence-electron chi connectivity index (χ4n) is 2.77. The molecule has 1 N–H and O–H groups in total. The summed E-state index contributed by atoms with van der Waals surface area (Å²) in [5.74, 6) is 0.765. The lowest BCUT2D eigenvalue weighted by Crippen LogP contribution is -2.39. The Hall–Kier alpha value is -2.86. The Bertz CT molecular complexity index is 973. The molecule has 0 amide bonds. The van der Waals surface area contributed by atoms with Gasteiger partial charge in [0.2, 0.25) is 0 Å². The van der Waals surface area contributed by atoms with Gasteiger partial charge < -0.3 is 19.7 Å². The molecule has 0 bridgehead atoms. The lowest BCUT2D eigenvalue weighted by molar-refractivity contribution is 0.414. The number of anilines is 2. The van der Waals surface area contributed by atoms with Gasteiger partial charge in [0.15, 0.2) is 0 Å². The average Bonchev–Trinajstić information content (AvgIpc) is 2.67. The molecule has 0 unspecified atom stereocenters. The van der Waals surface area contributed by atoms with Crippen LogP contribution in [0, 0.1) is 0 Å². The molecule has 0 saturated heterocycles. The minimum Gasteiger partial charge on any atom is -0.371 e. The zero-order valence-corrected chi connectivity index (χ0v) is 17.6. The first-order valence-corrected chi connectivity index (χ1v) is 9.48. The van der Waals surface area contributed by atoms with Crippen molar-refractivity contribution in [1.29, 1.82) is 0 Å². The molecular weight excluding hydrogens is 350 g/mol. The van der Waals surface area contributed by atoms with Crippen molar-refractivity contribution < 1.29 is 0 Å². The van der Waals surface area contributed by atoms with Gasteiger partial charge in [-0.2, -0.15) is 0 Å². The number of hydrogen-bond acceptors (Lipinski definition) is 4. The second-order valence-corrected chi connectivity index (χ2v) is 7.03. The van der Waals surface area contributed by atoms with Gasteiger partial charge in [-0.05, 0) is 58.3 Å². The van der Waals surface area contributed by atoms with Crippen LogP contribution in [0.25, 0.3) is 12.8 Å². The molecule has 1 aromatic heterocycles. The molecule has 0 aliphatic heterocycles. The van der Waals surface area contributed by atoms with Crippen molar-refractivity contribution in [2.75, 3.05) is 43.9 Å². The predicted octanol–water partition coefficient (Wildman–Crippen LogP) is 1.45. The molecule has 150 valence electrons. The SMILES string of the molecule is C=c1/c(=C\N=C(C)Nc2ccc(N(CC)CCN(C)C)cc2)ccc(=O)n1C. The van der Waals surface area contributed by atoms with Crippen LogP contribution < -0.4 is 26.3 Å². The summed E-state index contributed by atoms with van der Waals surface area (Å²) < 4.78 is 1.51. The molecule has 0 fully saturated rings. The van der Waals surface area contributed by atoms with Crippen LogP contribution in [-0.4, -0.2) is 49.0 Å². The molecule has 6 nitrogen and oxygen atoms in total. The van der Waals surface area contributed by atoms with E-state index in [0.29, 0.717) is 5.35 Å². The fourth-order valence-corrected chi connectivity index (χ4v) is 2.77. The summed E-state index contributed by atoms with van der Waals surface area (Å²) in [5.41, 5.74) is 2.12. The first-order valence-electron chi connectivity index (χ1n) is 9.48. The molecule has 2 aromatic rings. The van der Waals surface area contributed by atoms with Crippen molar-refractivity contribution in [1.82, 2.24) is 9.47 Å². The Morgan fingerprint density at radius 1 is 1.18 bits per heavy atom. The van der Waals surface area contributed by atoms with E-state index < -0.39 is 0 Å². The highest BCUT2D eigenvalue weighted by Crippen LogP contribution is 2.17. The number of aromatic nitrogens is 1.